The average molecular weight is 284 g/mol. The van der Waals surface area contributed by atoms with E-state index in [1.165, 1.54) is 11.3 Å². The Morgan fingerprint density at radius 3 is 2.94 bits per heavy atom. The summed E-state index contributed by atoms with van der Waals surface area (Å²) in [6.45, 7) is -0.494. The summed E-state index contributed by atoms with van der Waals surface area (Å²) in [5.74, 6) is -1.70. The zero-order chi connectivity index (χ0) is 12.4. The largest absolute Gasteiger partial charge is 0.548 e. The molecule has 1 amide bonds. The van der Waals surface area contributed by atoms with Crippen LogP contribution >= 0.6 is 35.3 Å². The van der Waals surface area contributed by atoms with Crippen molar-refractivity contribution in [2.75, 3.05) is 6.54 Å². The summed E-state index contributed by atoms with van der Waals surface area (Å²) in [7, 11) is 0. The van der Waals surface area contributed by atoms with Gasteiger partial charge in [-0.1, -0.05) is 24.0 Å². The Hall–Kier alpha value is -1.18. The molecule has 88 valence electrons. The second kappa shape index (κ2) is 4.99. The Labute approximate surface area is 111 Å². The van der Waals surface area contributed by atoms with Gasteiger partial charge in [0.2, 0.25) is 0 Å². The molecule has 4 nitrogen and oxygen atoms in total. The predicted molar refractivity (Wildman–Crippen MR) is 69.2 cm³/mol. The van der Waals surface area contributed by atoms with Gasteiger partial charge in [-0.3, -0.25) is 9.69 Å². The number of carbonyl (C=O) groups is 2. The second-order valence-electron chi connectivity index (χ2n) is 3.20. The van der Waals surface area contributed by atoms with Crippen LogP contribution in [0.5, 0.6) is 0 Å². The number of carboxylic acid groups (broad SMARTS) is 1. The Morgan fingerprint density at radius 1 is 1.59 bits per heavy atom. The fourth-order valence-electron chi connectivity index (χ4n) is 1.27. The highest BCUT2D eigenvalue weighted by Crippen LogP contribution is 2.32. The number of aliphatic carboxylic acids is 1. The fraction of sp³-hybridized carbons (Fsp3) is 0.100. The molecule has 1 aliphatic heterocycles. The lowest BCUT2D eigenvalue weighted by atomic mass is 10.3. The molecule has 2 rings (SSSR count). The first-order valence-corrected chi connectivity index (χ1v) is 6.72. The van der Waals surface area contributed by atoms with Gasteiger partial charge in [0.15, 0.2) is 0 Å². The summed E-state index contributed by atoms with van der Waals surface area (Å²) >= 11 is 7.57. The lowest BCUT2D eigenvalue weighted by molar-refractivity contribution is -0.305. The first-order valence-electron chi connectivity index (χ1n) is 4.55. The molecule has 1 aromatic rings. The number of hydrogen-bond donors (Lipinski definition) is 0. The van der Waals surface area contributed by atoms with E-state index in [0.717, 1.165) is 22.2 Å². The summed E-state index contributed by atoms with van der Waals surface area (Å²) < 4.78 is 0.251. The number of nitrogens with zero attached hydrogens (tertiary/aromatic N) is 1. The van der Waals surface area contributed by atoms with Crippen molar-refractivity contribution in [3.05, 3.63) is 27.3 Å². The predicted octanol–water partition coefficient (Wildman–Crippen LogP) is 0.699. The zero-order valence-electron chi connectivity index (χ0n) is 8.41. The molecule has 0 aromatic carbocycles. The summed E-state index contributed by atoms with van der Waals surface area (Å²) in [5, 5.41) is 14.3. The SMILES string of the molecule is O=C([O-])CN1C(=O)/C(=C\c2ccsc2)SC1=S. The van der Waals surface area contributed by atoms with Crippen molar-refractivity contribution in [1.29, 1.82) is 0 Å². The van der Waals surface area contributed by atoms with E-state index in [9.17, 15) is 14.7 Å². The standard InChI is InChI=1S/C10H7NO3S3/c12-8(13)4-11-9(14)7(17-10(11)15)3-6-1-2-16-5-6/h1-3,5H,4H2,(H,12,13)/p-1/b7-3+. The average Bonchev–Trinajstić information content (AvgIpc) is 2.83. The van der Waals surface area contributed by atoms with Crippen molar-refractivity contribution in [2.24, 2.45) is 0 Å². The van der Waals surface area contributed by atoms with E-state index in [4.69, 9.17) is 12.2 Å². The van der Waals surface area contributed by atoms with Crippen molar-refractivity contribution in [3.63, 3.8) is 0 Å². The minimum atomic E-state index is -1.32. The first kappa shape index (κ1) is 12.3. The van der Waals surface area contributed by atoms with Crippen LogP contribution in [0.4, 0.5) is 0 Å². The molecule has 7 heteroatoms. The van der Waals surface area contributed by atoms with E-state index in [-0.39, 0.29) is 10.2 Å². The number of hydrogen-bond acceptors (Lipinski definition) is 6. The van der Waals surface area contributed by atoms with Gasteiger partial charge in [-0.15, -0.1) is 0 Å². The van der Waals surface area contributed by atoms with Gasteiger partial charge in [0.05, 0.1) is 17.4 Å². The molecule has 1 saturated heterocycles. The number of thiophene rings is 1. The molecule has 1 fully saturated rings. The monoisotopic (exact) mass is 284 g/mol. The van der Waals surface area contributed by atoms with Crippen molar-refractivity contribution in [3.8, 4) is 0 Å². The van der Waals surface area contributed by atoms with Gasteiger partial charge in [-0.05, 0) is 28.5 Å². The molecule has 0 spiro atoms. The smallest absolute Gasteiger partial charge is 0.266 e. The van der Waals surface area contributed by atoms with Gasteiger partial charge in [0.25, 0.3) is 5.91 Å². The number of carboxylic acids is 1. The molecule has 0 bridgehead atoms. The molecular formula is C10H6NO3S3-. The molecule has 2 heterocycles. The van der Waals surface area contributed by atoms with E-state index < -0.39 is 12.5 Å². The van der Waals surface area contributed by atoms with E-state index >= 15 is 0 Å². The van der Waals surface area contributed by atoms with Crippen LogP contribution in [-0.4, -0.2) is 27.6 Å². The molecule has 0 unspecified atom stereocenters. The van der Waals surface area contributed by atoms with Crippen molar-refractivity contribution in [2.45, 2.75) is 0 Å². The highest BCUT2D eigenvalue weighted by molar-refractivity contribution is 8.26. The maximum atomic E-state index is 11.8. The van der Waals surface area contributed by atoms with E-state index in [0.29, 0.717) is 4.91 Å². The summed E-state index contributed by atoms with van der Waals surface area (Å²) in [6, 6.07) is 1.87. The van der Waals surface area contributed by atoms with E-state index in [2.05, 4.69) is 0 Å². The Kier molecular flexibility index (Phi) is 3.60. The number of rotatable bonds is 3. The summed E-state index contributed by atoms with van der Waals surface area (Å²) in [4.78, 5) is 23.8. The molecule has 0 atom stereocenters. The maximum absolute atomic E-state index is 11.8. The fourth-order valence-corrected chi connectivity index (χ4v) is 3.15. The molecule has 0 aliphatic carbocycles. The third kappa shape index (κ3) is 2.74. The molecular weight excluding hydrogens is 278 g/mol. The van der Waals surface area contributed by atoms with Gasteiger partial charge in [0.1, 0.15) is 4.32 Å². The number of carbonyl (C=O) groups excluding carboxylic acids is 2. The highest BCUT2D eigenvalue weighted by Gasteiger charge is 2.31. The molecule has 0 N–H and O–H groups in total. The zero-order valence-corrected chi connectivity index (χ0v) is 10.9. The minimum absolute atomic E-state index is 0.251. The number of thioether (sulfide) groups is 1. The molecule has 1 aliphatic rings. The van der Waals surface area contributed by atoms with Crippen molar-refractivity contribution >= 4 is 57.6 Å². The lowest BCUT2D eigenvalue weighted by Crippen LogP contribution is -2.40. The quantitative estimate of drug-likeness (QED) is 0.604. The van der Waals surface area contributed by atoms with Crippen LogP contribution in [-0.2, 0) is 9.59 Å². The van der Waals surface area contributed by atoms with Crippen LogP contribution in [0.15, 0.2) is 21.7 Å². The van der Waals surface area contributed by atoms with Gasteiger partial charge in [-0.2, -0.15) is 11.3 Å². The molecule has 0 saturated carbocycles. The lowest BCUT2D eigenvalue weighted by Gasteiger charge is -2.14. The van der Waals surface area contributed by atoms with Gasteiger partial charge in [0, 0.05) is 0 Å². The number of thiocarbonyl (C=S) groups is 1. The van der Waals surface area contributed by atoms with E-state index in [1.54, 1.807) is 6.08 Å². The topological polar surface area (TPSA) is 60.4 Å². The second-order valence-corrected chi connectivity index (χ2v) is 5.65. The molecule has 1 aromatic heterocycles. The van der Waals surface area contributed by atoms with E-state index in [1.807, 2.05) is 16.8 Å². The Balaban J connectivity index is 2.21. The highest BCUT2D eigenvalue weighted by atomic mass is 32.2. The van der Waals surface area contributed by atoms with Crippen LogP contribution in [0.25, 0.3) is 6.08 Å². The van der Waals surface area contributed by atoms with Crippen LogP contribution in [0.3, 0.4) is 0 Å². The first-order chi connectivity index (χ1) is 8.08. The van der Waals surface area contributed by atoms with Gasteiger partial charge in [-0.25, -0.2) is 0 Å². The van der Waals surface area contributed by atoms with Crippen LogP contribution in [0, 0.1) is 0 Å². The van der Waals surface area contributed by atoms with Crippen LogP contribution in [0.1, 0.15) is 5.56 Å². The van der Waals surface area contributed by atoms with Gasteiger partial charge < -0.3 is 9.90 Å². The normalized spacial score (nSPS) is 18.1. The summed E-state index contributed by atoms with van der Waals surface area (Å²) in [6.07, 6.45) is 1.70. The molecule has 0 radical (unpaired) electrons. The Morgan fingerprint density at radius 2 is 2.35 bits per heavy atom. The molecule has 17 heavy (non-hydrogen) atoms. The van der Waals surface area contributed by atoms with Crippen LogP contribution in [0.2, 0.25) is 0 Å². The maximum Gasteiger partial charge on any atom is 0.266 e. The van der Waals surface area contributed by atoms with Crippen molar-refractivity contribution < 1.29 is 14.7 Å². The third-order valence-electron chi connectivity index (χ3n) is 2.00. The van der Waals surface area contributed by atoms with Crippen LogP contribution < -0.4 is 5.11 Å². The number of amides is 1. The minimum Gasteiger partial charge on any atom is -0.548 e. The van der Waals surface area contributed by atoms with Gasteiger partial charge >= 0.3 is 0 Å². The van der Waals surface area contributed by atoms with Crippen molar-refractivity contribution in [1.82, 2.24) is 4.90 Å². The third-order valence-corrected chi connectivity index (χ3v) is 4.08. The Bertz CT molecular complexity index is 507. The summed E-state index contributed by atoms with van der Waals surface area (Å²) in [5.41, 5.74) is 0.906.